The molecule has 5 heteroatoms. The van der Waals surface area contributed by atoms with Crippen LogP contribution in [0.5, 0.6) is 0 Å². The normalized spacial score (nSPS) is 22.8. The highest BCUT2D eigenvalue weighted by Crippen LogP contribution is 2.29. The van der Waals surface area contributed by atoms with Gasteiger partial charge in [-0.2, -0.15) is 11.8 Å². The lowest BCUT2D eigenvalue weighted by Crippen LogP contribution is -2.45. The van der Waals surface area contributed by atoms with Gasteiger partial charge in [0.2, 0.25) is 0 Å². The number of nitrogens with one attached hydrogen (secondary N) is 2. The van der Waals surface area contributed by atoms with Gasteiger partial charge >= 0.3 is 0 Å². The predicted molar refractivity (Wildman–Crippen MR) is 96.5 cm³/mol. The number of thioether (sulfide) groups is 1. The van der Waals surface area contributed by atoms with E-state index in [0.29, 0.717) is 6.04 Å². The molecule has 0 aromatic rings. The van der Waals surface area contributed by atoms with Crippen LogP contribution in [-0.2, 0) is 0 Å². The average Bonchev–Trinajstić information content (AvgIpc) is 2.92. The van der Waals surface area contributed by atoms with Gasteiger partial charge in [0.15, 0.2) is 5.96 Å². The van der Waals surface area contributed by atoms with E-state index in [0.717, 1.165) is 30.8 Å². The van der Waals surface area contributed by atoms with E-state index < -0.39 is 0 Å². The molecule has 0 saturated heterocycles. The van der Waals surface area contributed by atoms with Crippen molar-refractivity contribution in [2.24, 2.45) is 4.99 Å². The fraction of sp³-hybridized carbons (Fsp3) is 0.938. The Balaban J connectivity index is 2.23. The first kappa shape index (κ1) is 18.6. The summed E-state index contributed by atoms with van der Waals surface area (Å²) in [6.07, 6.45) is 5.11. The predicted octanol–water partition coefficient (Wildman–Crippen LogP) is 2.56. The Morgan fingerprint density at radius 3 is 2.67 bits per heavy atom. The highest BCUT2D eigenvalue weighted by Gasteiger charge is 2.24. The molecule has 0 aromatic heterocycles. The summed E-state index contributed by atoms with van der Waals surface area (Å²) in [5.41, 5.74) is 0. The molecule has 0 aliphatic heterocycles. The van der Waals surface area contributed by atoms with Gasteiger partial charge in [-0.15, -0.1) is 0 Å². The monoisotopic (exact) mass is 314 g/mol. The van der Waals surface area contributed by atoms with E-state index >= 15 is 0 Å². The molecule has 4 nitrogen and oxygen atoms in total. The Labute approximate surface area is 135 Å². The van der Waals surface area contributed by atoms with Crippen LogP contribution in [-0.4, -0.2) is 61.1 Å². The SMILES string of the molecule is CCCN(CC)CCNC(=NC)NC1CCC(SCC)C1. The van der Waals surface area contributed by atoms with Gasteiger partial charge in [-0.1, -0.05) is 20.8 Å². The molecule has 1 aliphatic rings. The summed E-state index contributed by atoms with van der Waals surface area (Å²) >= 11 is 2.10. The van der Waals surface area contributed by atoms with Gasteiger partial charge in [-0.3, -0.25) is 4.99 Å². The molecule has 0 radical (unpaired) electrons. The lowest BCUT2D eigenvalue weighted by atomic mass is 10.2. The molecule has 1 fully saturated rings. The zero-order valence-electron chi connectivity index (χ0n) is 14.3. The summed E-state index contributed by atoms with van der Waals surface area (Å²) in [6.45, 7) is 11.1. The molecule has 124 valence electrons. The van der Waals surface area contributed by atoms with E-state index in [1.165, 1.54) is 38.0 Å². The Bertz CT molecular complexity index is 296. The lowest BCUT2D eigenvalue weighted by molar-refractivity contribution is 0.292. The molecular formula is C16H34N4S. The van der Waals surface area contributed by atoms with E-state index in [9.17, 15) is 0 Å². The summed E-state index contributed by atoms with van der Waals surface area (Å²) in [7, 11) is 1.87. The van der Waals surface area contributed by atoms with Gasteiger partial charge in [0, 0.05) is 31.4 Å². The summed E-state index contributed by atoms with van der Waals surface area (Å²) in [5.74, 6) is 2.20. The highest BCUT2D eigenvalue weighted by atomic mass is 32.2. The van der Waals surface area contributed by atoms with Gasteiger partial charge in [-0.05, 0) is 44.5 Å². The van der Waals surface area contributed by atoms with Crippen molar-refractivity contribution in [1.29, 1.82) is 0 Å². The minimum Gasteiger partial charge on any atom is -0.355 e. The molecule has 2 N–H and O–H groups in total. The zero-order valence-corrected chi connectivity index (χ0v) is 15.1. The van der Waals surface area contributed by atoms with Crippen LogP contribution in [0.15, 0.2) is 4.99 Å². The first-order chi connectivity index (χ1) is 10.2. The van der Waals surface area contributed by atoms with E-state index in [1.54, 1.807) is 0 Å². The number of hydrogen-bond donors (Lipinski definition) is 2. The maximum absolute atomic E-state index is 4.36. The Morgan fingerprint density at radius 1 is 1.24 bits per heavy atom. The number of rotatable bonds is 9. The maximum Gasteiger partial charge on any atom is 0.191 e. The average molecular weight is 315 g/mol. The van der Waals surface area contributed by atoms with Crippen molar-refractivity contribution < 1.29 is 0 Å². The second-order valence-electron chi connectivity index (χ2n) is 5.66. The molecule has 1 aliphatic carbocycles. The van der Waals surface area contributed by atoms with Crippen LogP contribution >= 0.6 is 11.8 Å². The van der Waals surface area contributed by atoms with E-state index in [4.69, 9.17) is 0 Å². The van der Waals surface area contributed by atoms with Crippen molar-refractivity contribution >= 4 is 17.7 Å². The molecular weight excluding hydrogens is 280 g/mol. The fourth-order valence-electron chi connectivity index (χ4n) is 2.92. The van der Waals surface area contributed by atoms with E-state index in [-0.39, 0.29) is 0 Å². The van der Waals surface area contributed by atoms with Crippen molar-refractivity contribution in [2.45, 2.75) is 57.7 Å². The van der Waals surface area contributed by atoms with Gasteiger partial charge < -0.3 is 15.5 Å². The van der Waals surface area contributed by atoms with Crippen LogP contribution in [0.3, 0.4) is 0 Å². The van der Waals surface area contributed by atoms with Crippen molar-refractivity contribution in [3.05, 3.63) is 0 Å². The smallest absolute Gasteiger partial charge is 0.191 e. The van der Waals surface area contributed by atoms with Crippen LogP contribution in [0.2, 0.25) is 0 Å². The molecule has 0 spiro atoms. The molecule has 0 aromatic carbocycles. The number of nitrogens with zero attached hydrogens (tertiary/aromatic N) is 2. The molecule has 0 amide bonds. The Morgan fingerprint density at radius 2 is 2.05 bits per heavy atom. The number of likely N-dealkylation sites (N-methyl/N-ethyl adjacent to an activating group) is 1. The van der Waals surface area contributed by atoms with Crippen molar-refractivity contribution in [3.63, 3.8) is 0 Å². The second-order valence-corrected chi connectivity index (χ2v) is 7.24. The number of aliphatic imine (C=N–C) groups is 1. The van der Waals surface area contributed by atoms with Crippen LogP contribution in [0, 0.1) is 0 Å². The Kier molecular flexibility index (Phi) is 9.92. The van der Waals surface area contributed by atoms with Crippen LogP contribution < -0.4 is 10.6 Å². The summed E-state index contributed by atoms with van der Waals surface area (Å²) < 4.78 is 0. The second kappa shape index (κ2) is 11.2. The van der Waals surface area contributed by atoms with Gasteiger partial charge in [0.05, 0.1) is 0 Å². The van der Waals surface area contributed by atoms with Gasteiger partial charge in [-0.25, -0.2) is 0 Å². The minimum atomic E-state index is 0.596. The maximum atomic E-state index is 4.36. The van der Waals surface area contributed by atoms with Crippen molar-refractivity contribution in [1.82, 2.24) is 15.5 Å². The number of guanidine groups is 1. The van der Waals surface area contributed by atoms with Gasteiger partial charge in [0.1, 0.15) is 0 Å². The van der Waals surface area contributed by atoms with E-state index in [1.807, 2.05) is 7.05 Å². The third-order valence-corrected chi connectivity index (χ3v) is 5.29. The van der Waals surface area contributed by atoms with Crippen LogP contribution in [0.1, 0.15) is 46.5 Å². The summed E-state index contributed by atoms with van der Waals surface area (Å²) in [5, 5.41) is 7.88. The fourth-order valence-corrected chi connectivity index (χ4v) is 4.07. The molecule has 1 rings (SSSR count). The molecule has 2 atom stereocenters. The lowest BCUT2D eigenvalue weighted by Gasteiger charge is -2.22. The largest absolute Gasteiger partial charge is 0.355 e. The van der Waals surface area contributed by atoms with Crippen LogP contribution in [0.4, 0.5) is 0 Å². The molecule has 2 unspecified atom stereocenters. The first-order valence-electron chi connectivity index (χ1n) is 8.54. The molecule has 21 heavy (non-hydrogen) atoms. The van der Waals surface area contributed by atoms with Crippen LogP contribution in [0.25, 0.3) is 0 Å². The molecule has 1 saturated carbocycles. The molecule has 0 heterocycles. The molecule has 0 bridgehead atoms. The Hall–Kier alpha value is -0.420. The summed E-state index contributed by atoms with van der Waals surface area (Å²) in [4.78, 5) is 6.84. The first-order valence-corrected chi connectivity index (χ1v) is 9.59. The third-order valence-electron chi connectivity index (χ3n) is 4.06. The highest BCUT2D eigenvalue weighted by molar-refractivity contribution is 7.99. The number of hydrogen-bond acceptors (Lipinski definition) is 3. The van der Waals surface area contributed by atoms with E-state index in [2.05, 4.69) is 53.1 Å². The zero-order chi connectivity index (χ0) is 15.5. The quantitative estimate of drug-likeness (QED) is 0.507. The summed E-state index contributed by atoms with van der Waals surface area (Å²) in [6, 6.07) is 0.596. The third kappa shape index (κ3) is 7.41. The van der Waals surface area contributed by atoms with Gasteiger partial charge in [0.25, 0.3) is 0 Å². The minimum absolute atomic E-state index is 0.596. The van der Waals surface area contributed by atoms with Crippen molar-refractivity contribution in [2.75, 3.05) is 39.0 Å². The van der Waals surface area contributed by atoms with Crippen molar-refractivity contribution in [3.8, 4) is 0 Å². The topological polar surface area (TPSA) is 39.7 Å². The standard InChI is InChI=1S/C16H34N4S/c1-5-11-20(6-2)12-10-18-16(17-4)19-14-8-9-15(13-14)21-7-3/h14-15H,5-13H2,1-4H3,(H2,17,18,19).